The number of hydrogen-bond donors (Lipinski definition) is 1. The highest BCUT2D eigenvalue weighted by molar-refractivity contribution is 4.63. The highest BCUT2D eigenvalue weighted by atomic mass is 16.3. The molecule has 0 fully saturated rings. The molecule has 0 aliphatic rings. The van der Waals surface area contributed by atoms with E-state index in [1.165, 1.54) is 0 Å². The maximum atomic E-state index is 8.00. The van der Waals surface area contributed by atoms with Gasteiger partial charge in [0.15, 0.2) is 0 Å². The van der Waals surface area contributed by atoms with Crippen LogP contribution in [0, 0.1) is 0 Å². The van der Waals surface area contributed by atoms with Crippen molar-refractivity contribution in [1.82, 2.24) is 0 Å². The second-order valence-corrected chi connectivity index (χ2v) is 0.801. The summed E-state index contributed by atoms with van der Waals surface area (Å²) in [5, 5.41) is 8.00. The molecule has 0 amide bonds. The van der Waals surface area contributed by atoms with Crippen LogP contribution in [-0.2, 0) is 0 Å². The van der Waals surface area contributed by atoms with Gasteiger partial charge in [-0.2, -0.15) is 0 Å². The van der Waals surface area contributed by atoms with Gasteiger partial charge < -0.3 is 5.11 Å². The summed E-state index contributed by atoms with van der Waals surface area (Å²) in [6, 6.07) is 0. The van der Waals surface area contributed by atoms with E-state index in [9.17, 15) is 0 Å². The van der Waals surface area contributed by atoms with E-state index in [1.54, 1.807) is 6.08 Å². The van der Waals surface area contributed by atoms with E-state index in [4.69, 9.17) is 5.11 Å². The second kappa shape index (κ2) is 3.70. The molecule has 1 heteroatoms. The summed E-state index contributed by atoms with van der Waals surface area (Å²) in [4.78, 5) is 0. The second-order valence-electron chi connectivity index (χ2n) is 0.801. The molecule has 1 N–H and O–H groups in total. The Morgan fingerprint density at radius 3 is 2.40 bits per heavy atom. The van der Waals surface area contributed by atoms with E-state index in [0.717, 1.165) is 0 Å². The average Bonchev–Trinajstić information content (AvgIpc) is 1.41. The van der Waals surface area contributed by atoms with Crippen LogP contribution < -0.4 is 0 Å². The van der Waals surface area contributed by atoms with Gasteiger partial charge in [0.05, 0.1) is 0 Å². The molecule has 5 heavy (non-hydrogen) atoms. The van der Waals surface area contributed by atoms with Crippen LogP contribution in [0.2, 0.25) is 0 Å². The number of hydrogen-bond acceptors (Lipinski definition) is 1. The largest absolute Gasteiger partial charge is 0.396 e. The van der Waals surface area contributed by atoms with Crippen LogP contribution in [-0.4, -0.2) is 11.7 Å². The van der Waals surface area contributed by atoms with E-state index < -0.39 is 0 Å². The molecule has 0 saturated heterocycles. The Bertz CT molecular complexity index is 24.8. The van der Waals surface area contributed by atoms with E-state index in [0.29, 0.717) is 6.42 Å². The first-order valence-corrected chi connectivity index (χ1v) is 1.63. The fraction of sp³-hybridized carbons (Fsp3) is 0.500. The quantitative estimate of drug-likeness (QED) is 0.374. The Morgan fingerprint density at radius 2 is 2.40 bits per heavy atom. The van der Waals surface area contributed by atoms with Gasteiger partial charge in [-0.1, -0.05) is 6.08 Å². The minimum atomic E-state index is 0.226. The van der Waals surface area contributed by atoms with E-state index in [1.807, 2.05) is 0 Å². The normalized spacial score (nSPS) is 7.40. The molecule has 0 saturated carbocycles. The number of aliphatic hydroxyl groups excluding tert-OH is 1. The van der Waals surface area contributed by atoms with Crippen LogP contribution in [0.3, 0.4) is 0 Å². The smallest absolute Gasteiger partial charge is 0.0465 e. The molecule has 0 aromatic heterocycles. The standard InChI is InChI=1S/C4H8O/c1-2-3-4-5/h2,5H,1,3-4H2/i4+1. The fourth-order valence-corrected chi connectivity index (χ4v) is 0.0913. The van der Waals surface area contributed by atoms with Gasteiger partial charge in [0, 0.05) is 6.61 Å². The van der Waals surface area contributed by atoms with Gasteiger partial charge in [-0.3, -0.25) is 0 Å². The van der Waals surface area contributed by atoms with Crippen LogP contribution in [0.15, 0.2) is 12.7 Å². The van der Waals surface area contributed by atoms with Crippen molar-refractivity contribution in [3.63, 3.8) is 0 Å². The van der Waals surface area contributed by atoms with Gasteiger partial charge in [-0.25, -0.2) is 0 Å². The summed E-state index contributed by atoms with van der Waals surface area (Å²) in [5.74, 6) is 0. The predicted octanol–water partition coefficient (Wildman–Crippen LogP) is 0.555. The predicted molar refractivity (Wildman–Crippen MR) is 21.9 cm³/mol. The van der Waals surface area contributed by atoms with Crippen molar-refractivity contribution in [2.24, 2.45) is 0 Å². The molecule has 0 radical (unpaired) electrons. The summed E-state index contributed by atoms with van der Waals surface area (Å²) >= 11 is 0. The maximum Gasteiger partial charge on any atom is 0.0465 e. The van der Waals surface area contributed by atoms with Crippen LogP contribution >= 0.6 is 0 Å². The van der Waals surface area contributed by atoms with Crippen molar-refractivity contribution in [2.75, 3.05) is 6.61 Å². The van der Waals surface area contributed by atoms with Crippen molar-refractivity contribution in [2.45, 2.75) is 6.42 Å². The molecular formula is C4H8O. The zero-order valence-corrected chi connectivity index (χ0v) is 3.15. The minimum Gasteiger partial charge on any atom is -0.396 e. The molecule has 0 aromatic rings. The molecule has 0 heterocycles. The summed E-state index contributed by atoms with van der Waals surface area (Å²) in [6.07, 6.45) is 2.39. The highest BCUT2D eigenvalue weighted by Gasteiger charge is 1.62. The highest BCUT2D eigenvalue weighted by Crippen LogP contribution is 1.69. The molecular weight excluding hydrogens is 65.0 g/mol. The lowest BCUT2D eigenvalue weighted by molar-refractivity contribution is 0.303. The first-order chi connectivity index (χ1) is 2.41. The Labute approximate surface area is 31.9 Å². The number of aliphatic hydroxyl groups is 1. The molecule has 0 rings (SSSR count). The number of rotatable bonds is 2. The molecule has 0 aliphatic carbocycles. The molecule has 0 atom stereocenters. The summed E-state index contributed by atoms with van der Waals surface area (Å²) in [5.41, 5.74) is 0. The third kappa shape index (κ3) is 3.70. The Kier molecular flexibility index (Phi) is 3.48. The van der Waals surface area contributed by atoms with E-state index >= 15 is 0 Å². The zero-order chi connectivity index (χ0) is 4.12. The van der Waals surface area contributed by atoms with Gasteiger partial charge >= 0.3 is 0 Å². The molecule has 0 aromatic carbocycles. The van der Waals surface area contributed by atoms with Gasteiger partial charge in [-0.05, 0) is 6.42 Å². The van der Waals surface area contributed by atoms with Crippen LogP contribution in [0.5, 0.6) is 0 Å². The van der Waals surface area contributed by atoms with Gasteiger partial charge in [0.25, 0.3) is 0 Å². The Hall–Kier alpha value is -0.300. The van der Waals surface area contributed by atoms with Gasteiger partial charge in [-0.15, -0.1) is 6.58 Å². The third-order valence-corrected chi connectivity index (χ3v) is 0.333. The van der Waals surface area contributed by atoms with Crippen molar-refractivity contribution in [3.05, 3.63) is 12.7 Å². The summed E-state index contributed by atoms with van der Waals surface area (Å²) in [7, 11) is 0. The molecule has 0 unspecified atom stereocenters. The van der Waals surface area contributed by atoms with Gasteiger partial charge in [0.2, 0.25) is 0 Å². The minimum absolute atomic E-state index is 0.226. The molecule has 1 nitrogen and oxygen atoms in total. The monoisotopic (exact) mass is 73.1 g/mol. The SMILES string of the molecule is C=CC[13CH2]O. The lowest BCUT2D eigenvalue weighted by Crippen LogP contribution is -1.71. The summed E-state index contributed by atoms with van der Waals surface area (Å²) < 4.78 is 0. The van der Waals surface area contributed by atoms with E-state index in [2.05, 4.69) is 6.58 Å². The topological polar surface area (TPSA) is 20.2 Å². The fourth-order valence-electron chi connectivity index (χ4n) is 0.0913. The first-order valence-electron chi connectivity index (χ1n) is 1.63. The molecule has 30 valence electrons. The van der Waals surface area contributed by atoms with Crippen molar-refractivity contribution < 1.29 is 5.11 Å². The average molecular weight is 73.1 g/mol. The van der Waals surface area contributed by atoms with Crippen LogP contribution in [0.25, 0.3) is 0 Å². The molecule has 0 aliphatic heterocycles. The Balaban J connectivity index is 2.40. The third-order valence-electron chi connectivity index (χ3n) is 0.333. The zero-order valence-electron chi connectivity index (χ0n) is 3.15. The van der Waals surface area contributed by atoms with E-state index in [-0.39, 0.29) is 6.61 Å². The maximum absolute atomic E-state index is 8.00. The first kappa shape index (κ1) is 4.70. The van der Waals surface area contributed by atoms with Crippen molar-refractivity contribution in [1.29, 1.82) is 0 Å². The van der Waals surface area contributed by atoms with Gasteiger partial charge in [0.1, 0.15) is 0 Å². The van der Waals surface area contributed by atoms with Crippen LogP contribution in [0.4, 0.5) is 0 Å². The Morgan fingerprint density at radius 1 is 1.80 bits per heavy atom. The molecule has 0 bridgehead atoms. The van der Waals surface area contributed by atoms with Crippen molar-refractivity contribution >= 4 is 0 Å². The molecule has 0 spiro atoms. The summed E-state index contributed by atoms with van der Waals surface area (Å²) in [6.45, 7) is 3.62. The lowest BCUT2D eigenvalue weighted by atomic mass is 10.6. The van der Waals surface area contributed by atoms with Crippen LogP contribution in [0.1, 0.15) is 6.42 Å². The van der Waals surface area contributed by atoms with Crippen molar-refractivity contribution in [3.8, 4) is 0 Å². The lowest BCUT2D eigenvalue weighted by Gasteiger charge is -1.73.